The maximum absolute atomic E-state index is 12.3. The first-order valence-corrected chi connectivity index (χ1v) is 7.19. The predicted octanol–water partition coefficient (Wildman–Crippen LogP) is 3.55. The summed E-state index contributed by atoms with van der Waals surface area (Å²) in [6, 6.07) is 7.60. The molecule has 3 nitrogen and oxygen atoms in total. The Morgan fingerprint density at radius 3 is 2.74 bits per heavy atom. The molecular weight excluding hydrogens is 306 g/mol. The fourth-order valence-electron chi connectivity index (χ4n) is 2.85. The highest BCUT2D eigenvalue weighted by Gasteiger charge is 2.51. The van der Waals surface area contributed by atoms with Gasteiger partial charge >= 0.3 is 5.97 Å². The predicted molar refractivity (Wildman–Crippen MR) is 75.6 cm³/mol. The van der Waals surface area contributed by atoms with E-state index in [1.807, 2.05) is 13.0 Å². The lowest BCUT2D eigenvalue weighted by molar-refractivity contribution is -0.156. The molecule has 1 saturated carbocycles. The summed E-state index contributed by atoms with van der Waals surface area (Å²) in [4.78, 5) is 12.3. The molecule has 4 heteroatoms. The Balaban J connectivity index is 2.43. The first kappa shape index (κ1) is 14.1. The number of hydrogen-bond acceptors (Lipinski definition) is 3. The zero-order valence-electron chi connectivity index (χ0n) is 11.1. The second kappa shape index (κ2) is 5.34. The smallest absolute Gasteiger partial charge is 0.316 e. The largest absolute Gasteiger partial charge is 0.465 e. The van der Waals surface area contributed by atoms with Crippen molar-refractivity contribution in [1.29, 1.82) is 5.26 Å². The third kappa shape index (κ3) is 2.52. The second-order valence-corrected chi connectivity index (χ2v) is 6.07. The Kier molecular flexibility index (Phi) is 3.96. The summed E-state index contributed by atoms with van der Waals surface area (Å²) in [5.74, 6) is 0.337. The number of carbonyl (C=O) groups excluding carboxylic acids is 1. The zero-order chi connectivity index (χ0) is 14.0. The van der Waals surface area contributed by atoms with E-state index >= 15 is 0 Å². The van der Waals surface area contributed by atoms with Gasteiger partial charge in [0.1, 0.15) is 0 Å². The van der Waals surface area contributed by atoms with Crippen LogP contribution in [0.1, 0.15) is 37.8 Å². The maximum Gasteiger partial charge on any atom is 0.316 e. The van der Waals surface area contributed by atoms with Crippen LogP contribution in [0.3, 0.4) is 0 Å². The third-order valence-electron chi connectivity index (χ3n) is 3.64. The zero-order valence-corrected chi connectivity index (χ0v) is 12.7. The van der Waals surface area contributed by atoms with Crippen LogP contribution in [0.5, 0.6) is 0 Å². The van der Waals surface area contributed by atoms with Crippen LogP contribution in [0.25, 0.3) is 0 Å². The summed E-state index contributed by atoms with van der Waals surface area (Å²) < 4.78 is 6.05. The number of nitrogens with zero attached hydrogens (tertiary/aromatic N) is 1. The van der Waals surface area contributed by atoms with Crippen LogP contribution in [-0.4, -0.2) is 12.6 Å². The van der Waals surface area contributed by atoms with E-state index in [2.05, 4.69) is 28.9 Å². The molecule has 0 aromatic heterocycles. The molecule has 0 aliphatic heterocycles. The van der Waals surface area contributed by atoms with Crippen molar-refractivity contribution in [2.24, 2.45) is 5.92 Å². The number of rotatable bonds is 3. The lowest BCUT2D eigenvalue weighted by Crippen LogP contribution is -2.48. The minimum absolute atomic E-state index is 0.171. The second-order valence-electron chi connectivity index (χ2n) is 5.16. The summed E-state index contributed by atoms with van der Waals surface area (Å²) in [7, 11) is 0. The number of halogens is 1. The van der Waals surface area contributed by atoms with Crippen LogP contribution in [0.15, 0.2) is 22.7 Å². The van der Waals surface area contributed by atoms with Crippen molar-refractivity contribution in [3.05, 3.63) is 33.8 Å². The van der Waals surface area contributed by atoms with Crippen LogP contribution >= 0.6 is 15.9 Å². The number of nitriles is 1. The van der Waals surface area contributed by atoms with Crippen molar-refractivity contribution in [1.82, 2.24) is 0 Å². The summed E-state index contributed by atoms with van der Waals surface area (Å²) in [5, 5.41) is 9.05. The van der Waals surface area contributed by atoms with Crippen LogP contribution in [0.2, 0.25) is 0 Å². The minimum atomic E-state index is -0.565. The summed E-state index contributed by atoms with van der Waals surface area (Å²) in [6.07, 6.45) is 1.57. The molecule has 1 aliphatic rings. The van der Waals surface area contributed by atoms with Crippen molar-refractivity contribution in [2.75, 3.05) is 6.61 Å². The molecule has 2 rings (SSSR count). The summed E-state index contributed by atoms with van der Waals surface area (Å²) >= 11 is 3.40. The maximum atomic E-state index is 12.3. The Hall–Kier alpha value is -1.34. The molecular formula is C15H16BrNO2. The Morgan fingerprint density at radius 1 is 1.53 bits per heavy atom. The van der Waals surface area contributed by atoms with Gasteiger partial charge < -0.3 is 4.74 Å². The molecule has 1 aliphatic carbocycles. The van der Waals surface area contributed by atoms with E-state index < -0.39 is 5.41 Å². The van der Waals surface area contributed by atoms with E-state index in [1.54, 1.807) is 12.1 Å². The van der Waals surface area contributed by atoms with Gasteiger partial charge in [0.15, 0.2) is 0 Å². The Bertz CT molecular complexity index is 542. The van der Waals surface area contributed by atoms with Crippen molar-refractivity contribution in [3.63, 3.8) is 0 Å². The van der Waals surface area contributed by atoms with Gasteiger partial charge in [-0.15, -0.1) is 0 Å². The molecule has 0 amide bonds. The molecule has 1 aromatic rings. The molecule has 100 valence electrons. The summed E-state index contributed by atoms with van der Waals surface area (Å²) in [5.41, 5.74) is 0.882. The average molecular weight is 322 g/mol. The highest BCUT2D eigenvalue weighted by molar-refractivity contribution is 9.10. The van der Waals surface area contributed by atoms with Gasteiger partial charge in [-0.25, -0.2) is 0 Å². The van der Waals surface area contributed by atoms with Crippen molar-refractivity contribution in [2.45, 2.75) is 32.1 Å². The van der Waals surface area contributed by atoms with Crippen molar-refractivity contribution < 1.29 is 9.53 Å². The SMILES string of the molecule is CCOC(=O)C1(c2cc(Br)cc(C#N)c2)CC(C)C1. The van der Waals surface area contributed by atoms with Gasteiger partial charge in [-0.2, -0.15) is 5.26 Å². The van der Waals surface area contributed by atoms with E-state index in [0.29, 0.717) is 18.1 Å². The van der Waals surface area contributed by atoms with Crippen LogP contribution < -0.4 is 0 Å². The van der Waals surface area contributed by atoms with Gasteiger partial charge in [0.25, 0.3) is 0 Å². The fraction of sp³-hybridized carbons (Fsp3) is 0.467. The van der Waals surface area contributed by atoms with Crippen LogP contribution in [0, 0.1) is 17.2 Å². The number of esters is 1. The normalized spacial score (nSPS) is 25.3. The monoisotopic (exact) mass is 321 g/mol. The molecule has 1 fully saturated rings. The van der Waals surface area contributed by atoms with E-state index in [0.717, 1.165) is 22.9 Å². The molecule has 0 heterocycles. The Morgan fingerprint density at radius 2 is 2.21 bits per heavy atom. The first-order chi connectivity index (χ1) is 9.01. The molecule has 0 radical (unpaired) electrons. The third-order valence-corrected chi connectivity index (χ3v) is 4.10. The highest BCUT2D eigenvalue weighted by atomic mass is 79.9. The topological polar surface area (TPSA) is 50.1 Å². The highest BCUT2D eigenvalue weighted by Crippen LogP contribution is 2.49. The van der Waals surface area contributed by atoms with Gasteiger partial charge in [0.05, 0.1) is 23.7 Å². The number of carbonyl (C=O) groups is 1. The van der Waals surface area contributed by atoms with Gasteiger partial charge in [-0.05, 0) is 49.4 Å². The lowest BCUT2D eigenvalue weighted by atomic mass is 9.59. The molecule has 0 unspecified atom stereocenters. The first-order valence-electron chi connectivity index (χ1n) is 6.40. The molecule has 1 aromatic carbocycles. The van der Waals surface area contributed by atoms with Gasteiger partial charge in [0.2, 0.25) is 0 Å². The number of ether oxygens (including phenoxy) is 1. The van der Waals surface area contributed by atoms with Gasteiger partial charge in [-0.1, -0.05) is 22.9 Å². The van der Waals surface area contributed by atoms with Crippen molar-refractivity contribution in [3.8, 4) is 6.07 Å². The van der Waals surface area contributed by atoms with E-state index in [-0.39, 0.29) is 5.97 Å². The van der Waals surface area contributed by atoms with E-state index in [4.69, 9.17) is 10.00 Å². The van der Waals surface area contributed by atoms with Crippen LogP contribution in [-0.2, 0) is 14.9 Å². The average Bonchev–Trinajstić information content (AvgIpc) is 2.34. The lowest BCUT2D eigenvalue weighted by Gasteiger charge is -2.44. The molecule has 0 N–H and O–H groups in total. The quantitative estimate of drug-likeness (QED) is 0.800. The molecule has 0 bridgehead atoms. The van der Waals surface area contributed by atoms with E-state index in [1.165, 1.54) is 0 Å². The van der Waals surface area contributed by atoms with E-state index in [9.17, 15) is 4.79 Å². The standard InChI is InChI=1S/C15H16BrNO2/c1-3-19-14(18)15(7-10(2)8-15)12-4-11(9-17)5-13(16)6-12/h4-6,10H,3,7-8H2,1-2H3. The minimum Gasteiger partial charge on any atom is -0.465 e. The van der Waals surface area contributed by atoms with Gasteiger partial charge in [-0.3, -0.25) is 4.79 Å². The number of hydrogen-bond donors (Lipinski definition) is 0. The fourth-order valence-corrected chi connectivity index (χ4v) is 3.34. The molecule has 19 heavy (non-hydrogen) atoms. The van der Waals surface area contributed by atoms with Crippen LogP contribution in [0.4, 0.5) is 0 Å². The molecule has 0 spiro atoms. The molecule has 0 saturated heterocycles. The molecule has 0 atom stereocenters. The number of benzene rings is 1. The Labute approximate surface area is 121 Å². The van der Waals surface area contributed by atoms with Crippen molar-refractivity contribution >= 4 is 21.9 Å². The van der Waals surface area contributed by atoms with Gasteiger partial charge in [0, 0.05) is 4.47 Å². The summed E-state index contributed by atoms with van der Waals surface area (Å²) in [6.45, 7) is 4.32.